The van der Waals surface area contributed by atoms with Crippen LogP contribution in [0.3, 0.4) is 0 Å². The summed E-state index contributed by atoms with van der Waals surface area (Å²) in [5.74, 6) is 1.66. The second-order valence-electron chi connectivity index (χ2n) is 5.59. The van der Waals surface area contributed by atoms with Crippen LogP contribution in [0, 0.1) is 6.92 Å². The number of benzene rings is 1. The summed E-state index contributed by atoms with van der Waals surface area (Å²) < 4.78 is 5.39. The van der Waals surface area contributed by atoms with E-state index in [1.54, 1.807) is 14.2 Å². The van der Waals surface area contributed by atoms with Crippen molar-refractivity contribution in [2.24, 2.45) is 4.99 Å². The van der Waals surface area contributed by atoms with E-state index in [4.69, 9.17) is 4.74 Å². The number of methoxy groups -OCH3 is 1. The number of carbonyl (C=O) groups is 1. The zero-order valence-electron chi connectivity index (χ0n) is 15.2. The van der Waals surface area contributed by atoms with Crippen LogP contribution >= 0.6 is 0 Å². The smallest absolute Gasteiger partial charge is 0.221 e. The number of aryl methyl sites for hydroxylation is 1. The van der Waals surface area contributed by atoms with Gasteiger partial charge < -0.3 is 20.7 Å². The summed E-state index contributed by atoms with van der Waals surface area (Å²) in [5, 5.41) is 9.26. The molecule has 0 atom stereocenters. The molecule has 1 amide bonds. The first-order valence-corrected chi connectivity index (χ1v) is 8.45. The van der Waals surface area contributed by atoms with Gasteiger partial charge in [-0.1, -0.05) is 24.6 Å². The molecule has 0 aliphatic carbocycles. The largest absolute Gasteiger partial charge is 0.496 e. The van der Waals surface area contributed by atoms with E-state index >= 15 is 0 Å². The predicted octanol–water partition coefficient (Wildman–Crippen LogP) is 1.63. The number of nitrogens with zero attached hydrogens (tertiary/aromatic N) is 1. The number of ether oxygens (including phenoxy) is 1. The standard InChI is InChI=1S/C18H30N4O2/c1-5-10-20-17(23)9-12-22-18(19-3)21-11-8-15-13-14(2)6-7-16(15)24-4/h6-7,13H,5,8-12H2,1-4H3,(H,20,23)(H2,19,21,22). The molecule has 0 saturated heterocycles. The molecular weight excluding hydrogens is 304 g/mol. The summed E-state index contributed by atoms with van der Waals surface area (Å²) in [4.78, 5) is 15.7. The summed E-state index contributed by atoms with van der Waals surface area (Å²) >= 11 is 0. The summed E-state index contributed by atoms with van der Waals surface area (Å²) in [5.41, 5.74) is 2.38. The summed E-state index contributed by atoms with van der Waals surface area (Å²) in [6.45, 7) is 6.13. The van der Waals surface area contributed by atoms with Crippen LogP contribution in [0.25, 0.3) is 0 Å². The van der Waals surface area contributed by atoms with Gasteiger partial charge in [0.1, 0.15) is 5.75 Å². The monoisotopic (exact) mass is 334 g/mol. The molecule has 0 saturated carbocycles. The molecule has 0 bridgehead atoms. The van der Waals surface area contributed by atoms with E-state index in [1.807, 2.05) is 19.1 Å². The molecule has 0 fully saturated rings. The SMILES string of the molecule is CCCNC(=O)CCNC(=NC)NCCc1cc(C)ccc1OC. The molecule has 6 nitrogen and oxygen atoms in total. The fourth-order valence-electron chi connectivity index (χ4n) is 2.29. The summed E-state index contributed by atoms with van der Waals surface area (Å²) in [6.07, 6.45) is 2.22. The Balaban J connectivity index is 2.34. The van der Waals surface area contributed by atoms with E-state index in [-0.39, 0.29) is 5.91 Å². The van der Waals surface area contributed by atoms with Crippen molar-refractivity contribution in [2.45, 2.75) is 33.1 Å². The van der Waals surface area contributed by atoms with E-state index in [0.717, 1.165) is 31.7 Å². The number of amides is 1. The minimum Gasteiger partial charge on any atom is -0.496 e. The number of aliphatic imine (C=N–C) groups is 1. The van der Waals surface area contributed by atoms with Crippen LogP contribution in [-0.4, -0.2) is 45.7 Å². The van der Waals surface area contributed by atoms with E-state index < -0.39 is 0 Å². The molecule has 134 valence electrons. The lowest BCUT2D eigenvalue weighted by atomic mass is 10.1. The molecule has 0 aliphatic heterocycles. The molecule has 0 aromatic heterocycles. The lowest BCUT2D eigenvalue weighted by molar-refractivity contribution is -0.120. The zero-order chi connectivity index (χ0) is 17.8. The Hall–Kier alpha value is -2.24. The Morgan fingerprint density at radius 2 is 1.92 bits per heavy atom. The maximum absolute atomic E-state index is 11.5. The van der Waals surface area contributed by atoms with Crippen molar-refractivity contribution in [3.8, 4) is 5.75 Å². The molecule has 0 radical (unpaired) electrons. The Kier molecular flexibility index (Phi) is 9.34. The minimum absolute atomic E-state index is 0.0595. The molecule has 1 rings (SSSR count). The molecule has 0 spiro atoms. The van der Waals surface area contributed by atoms with Crippen molar-refractivity contribution in [2.75, 3.05) is 33.8 Å². The highest BCUT2D eigenvalue weighted by Gasteiger charge is 2.05. The van der Waals surface area contributed by atoms with Crippen LogP contribution in [-0.2, 0) is 11.2 Å². The van der Waals surface area contributed by atoms with Gasteiger partial charge in [-0.05, 0) is 31.4 Å². The first-order chi connectivity index (χ1) is 11.6. The molecule has 24 heavy (non-hydrogen) atoms. The van der Waals surface area contributed by atoms with Crippen LogP contribution in [0.1, 0.15) is 30.9 Å². The van der Waals surface area contributed by atoms with Crippen molar-refractivity contribution in [1.29, 1.82) is 0 Å². The lowest BCUT2D eigenvalue weighted by Crippen LogP contribution is -2.40. The van der Waals surface area contributed by atoms with Gasteiger partial charge in [0.25, 0.3) is 0 Å². The molecule has 1 aromatic carbocycles. The lowest BCUT2D eigenvalue weighted by Gasteiger charge is -2.13. The van der Waals surface area contributed by atoms with Gasteiger partial charge in [0, 0.05) is 33.1 Å². The van der Waals surface area contributed by atoms with Gasteiger partial charge in [-0.25, -0.2) is 0 Å². The number of rotatable bonds is 9. The third-order valence-electron chi connectivity index (χ3n) is 3.56. The average molecular weight is 334 g/mol. The van der Waals surface area contributed by atoms with Gasteiger partial charge in [0.2, 0.25) is 5.91 Å². The van der Waals surface area contributed by atoms with Crippen molar-refractivity contribution in [1.82, 2.24) is 16.0 Å². The fourth-order valence-corrected chi connectivity index (χ4v) is 2.29. The van der Waals surface area contributed by atoms with Crippen molar-refractivity contribution >= 4 is 11.9 Å². The highest BCUT2D eigenvalue weighted by molar-refractivity contribution is 5.81. The summed E-state index contributed by atoms with van der Waals surface area (Å²) in [6, 6.07) is 6.17. The Bertz CT molecular complexity index is 544. The van der Waals surface area contributed by atoms with Gasteiger partial charge >= 0.3 is 0 Å². The Morgan fingerprint density at radius 1 is 1.17 bits per heavy atom. The molecule has 0 unspecified atom stereocenters. The fraction of sp³-hybridized carbons (Fsp3) is 0.556. The van der Waals surface area contributed by atoms with Gasteiger partial charge in [0.15, 0.2) is 5.96 Å². The molecule has 1 aromatic rings. The molecular formula is C18H30N4O2. The molecule has 0 heterocycles. The third-order valence-corrected chi connectivity index (χ3v) is 3.56. The second kappa shape index (κ2) is 11.3. The quantitative estimate of drug-likeness (QED) is 0.474. The number of nitrogens with one attached hydrogen (secondary N) is 3. The number of carbonyl (C=O) groups excluding carboxylic acids is 1. The first kappa shape index (κ1) is 19.8. The topological polar surface area (TPSA) is 74.8 Å². The van der Waals surface area contributed by atoms with Crippen LogP contribution in [0.4, 0.5) is 0 Å². The van der Waals surface area contributed by atoms with Gasteiger partial charge in [-0.3, -0.25) is 9.79 Å². The van der Waals surface area contributed by atoms with Crippen molar-refractivity contribution in [3.05, 3.63) is 29.3 Å². The number of guanidine groups is 1. The van der Waals surface area contributed by atoms with Crippen LogP contribution in [0.2, 0.25) is 0 Å². The zero-order valence-corrected chi connectivity index (χ0v) is 15.2. The summed E-state index contributed by atoms with van der Waals surface area (Å²) in [7, 11) is 3.41. The Morgan fingerprint density at radius 3 is 2.58 bits per heavy atom. The number of hydrogen-bond donors (Lipinski definition) is 3. The van der Waals surface area contributed by atoms with E-state index in [1.165, 1.54) is 11.1 Å². The first-order valence-electron chi connectivity index (χ1n) is 8.45. The highest BCUT2D eigenvalue weighted by atomic mass is 16.5. The number of hydrogen-bond acceptors (Lipinski definition) is 3. The van der Waals surface area contributed by atoms with Gasteiger partial charge in [0.05, 0.1) is 7.11 Å². The van der Waals surface area contributed by atoms with Crippen molar-refractivity contribution < 1.29 is 9.53 Å². The average Bonchev–Trinajstić information content (AvgIpc) is 2.58. The van der Waals surface area contributed by atoms with Crippen molar-refractivity contribution in [3.63, 3.8) is 0 Å². The molecule has 6 heteroatoms. The van der Waals surface area contributed by atoms with Gasteiger partial charge in [-0.2, -0.15) is 0 Å². The van der Waals surface area contributed by atoms with Crippen LogP contribution in [0.15, 0.2) is 23.2 Å². The normalized spacial score (nSPS) is 11.1. The van der Waals surface area contributed by atoms with Crippen LogP contribution in [0.5, 0.6) is 5.75 Å². The predicted molar refractivity (Wildman–Crippen MR) is 98.7 cm³/mol. The van der Waals surface area contributed by atoms with E-state index in [2.05, 4.69) is 33.9 Å². The molecule has 3 N–H and O–H groups in total. The van der Waals surface area contributed by atoms with Crippen LogP contribution < -0.4 is 20.7 Å². The highest BCUT2D eigenvalue weighted by Crippen LogP contribution is 2.19. The Labute approximate surface area is 145 Å². The minimum atomic E-state index is 0.0595. The molecule has 0 aliphatic rings. The third kappa shape index (κ3) is 7.35. The second-order valence-corrected chi connectivity index (χ2v) is 5.59. The van der Waals surface area contributed by atoms with E-state index in [9.17, 15) is 4.79 Å². The van der Waals surface area contributed by atoms with E-state index in [0.29, 0.717) is 18.9 Å². The van der Waals surface area contributed by atoms with Gasteiger partial charge in [-0.15, -0.1) is 0 Å². The maximum atomic E-state index is 11.5. The maximum Gasteiger partial charge on any atom is 0.221 e.